The molecule has 0 radical (unpaired) electrons. The number of amides is 2. The van der Waals surface area contributed by atoms with Gasteiger partial charge in [0.2, 0.25) is 11.8 Å². The van der Waals surface area contributed by atoms with Crippen LogP contribution >= 0.6 is 35.0 Å². The van der Waals surface area contributed by atoms with Crippen molar-refractivity contribution in [2.24, 2.45) is 0 Å². The maximum absolute atomic E-state index is 13.2. The fourth-order valence-electron chi connectivity index (χ4n) is 2.92. The van der Waals surface area contributed by atoms with Crippen molar-refractivity contribution in [2.75, 3.05) is 5.75 Å². The number of rotatable bonds is 8. The summed E-state index contributed by atoms with van der Waals surface area (Å²) in [7, 11) is 0. The highest BCUT2D eigenvalue weighted by Crippen LogP contribution is 2.23. The predicted molar refractivity (Wildman–Crippen MR) is 126 cm³/mol. The number of nitrogens with one attached hydrogen (secondary N) is 1. The molecule has 4 nitrogen and oxygen atoms in total. The molecule has 2 aromatic carbocycles. The lowest BCUT2D eigenvalue weighted by atomic mass is 10.1. The quantitative estimate of drug-likeness (QED) is 0.499. The Kier molecular flexibility index (Phi) is 9.08. The van der Waals surface area contributed by atoms with Gasteiger partial charge in [-0.1, -0.05) is 42.3 Å². The van der Waals surface area contributed by atoms with Crippen LogP contribution in [0.4, 0.5) is 0 Å². The molecule has 0 saturated heterocycles. The van der Waals surface area contributed by atoms with E-state index in [1.165, 1.54) is 11.8 Å². The van der Waals surface area contributed by atoms with E-state index in [0.717, 1.165) is 10.5 Å². The fraction of sp³-hybridized carbons (Fsp3) is 0.391. The Hall–Kier alpha value is -1.69. The Labute approximate surface area is 193 Å². The summed E-state index contributed by atoms with van der Waals surface area (Å²) < 4.78 is 0. The first-order valence-corrected chi connectivity index (χ1v) is 11.6. The summed E-state index contributed by atoms with van der Waals surface area (Å²) in [6.07, 6.45) is 0.521. The summed E-state index contributed by atoms with van der Waals surface area (Å²) in [5.41, 5.74) is 0.545. The lowest BCUT2D eigenvalue weighted by Crippen LogP contribution is -2.53. The van der Waals surface area contributed by atoms with Gasteiger partial charge in [0.25, 0.3) is 0 Å². The van der Waals surface area contributed by atoms with Crippen LogP contribution in [0.1, 0.15) is 39.7 Å². The van der Waals surface area contributed by atoms with Crippen LogP contribution in [-0.2, 0) is 16.1 Å². The second-order valence-corrected chi connectivity index (χ2v) is 9.98. The van der Waals surface area contributed by atoms with Gasteiger partial charge in [0.15, 0.2) is 0 Å². The van der Waals surface area contributed by atoms with Crippen LogP contribution in [-0.4, -0.2) is 34.0 Å². The van der Waals surface area contributed by atoms with Crippen molar-refractivity contribution in [3.05, 3.63) is 64.1 Å². The predicted octanol–water partition coefficient (Wildman–Crippen LogP) is 5.81. The van der Waals surface area contributed by atoms with E-state index in [1.54, 1.807) is 29.2 Å². The Morgan fingerprint density at radius 1 is 1.00 bits per heavy atom. The Bertz CT molecular complexity index is 849. The minimum atomic E-state index is -0.557. The van der Waals surface area contributed by atoms with Crippen molar-refractivity contribution in [2.45, 2.75) is 57.1 Å². The molecule has 2 rings (SSSR count). The normalized spacial score (nSPS) is 12.3. The van der Waals surface area contributed by atoms with Crippen LogP contribution in [0.5, 0.6) is 0 Å². The minimum absolute atomic E-state index is 0.0965. The number of hydrogen-bond donors (Lipinski definition) is 1. The molecule has 0 spiro atoms. The summed E-state index contributed by atoms with van der Waals surface area (Å²) in [5, 5.41) is 4.29. The van der Waals surface area contributed by atoms with E-state index < -0.39 is 6.04 Å². The van der Waals surface area contributed by atoms with Crippen LogP contribution in [0.3, 0.4) is 0 Å². The maximum atomic E-state index is 13.2. The van der Waals surface area contributed by atoms with Crippen molar-refractivity contribution in [1.82, 2.24) is 10.2 Å². The molecule has 162 valence electrons. The topological polar surface area (TPSA) is 49.4 Å². The van der Waals surface area contributed by atoms with Gasteiger partial charge in [-0.3, -0.25) is 9.59 Å². The highest BCUT2D eigenvalue weighted by molar-refractivity contribution is 8.00. The lowest BCUT2D eigenvalue weighted by molar-refractivity contribution is -0.140. The third-order valence-electron chi connectivity index (χ3n) is 4.33. The van der Waals surface area contributed by atoms with Crippen molar-refractivity contribution < 1.29 is 9.59 Å². The first-order valence-electron chi connectivity index (χ1n) is 9.83. The molecular formula is C23H28Cl2N2O2S. The van der Waals surface area contributed by atoms with Crippen molar-refractivity contribution in [3.63, 3.8) is 0 Å². The SMILES string of the molecule is CC[C@H](C(=O)NC(C)(C)C)N(Cc1ccc(Cl)cc1)C(=O)CSc1ccc(Cl)cc1. The Balaban J connectivity index is 2.21. The van der Waals surface area contributed by atoms with E-state index in [-0.39, 0.29) is 23.1 Å². The molecule has 2 amide bonds. The van der Waals surface area contributed by atoms with Crippen molar-refractivity contribution in [1.29, 1.82) is 0 Å². The average Bonchev–Trinajstić information content (AvgIpc) is 2.67. The van der Waals surface area contributed by atoms with Gasteiger partial charge >= 0.3 is 0 Å². The molecule has 0 fully saturated rings. The Morgan fingerprint density at radius 3 is 2.03 bits per heavy atom. The van der Waals surface area contributed by atoms with Crippen LogP contribution in [0.15, 0.2) is 53.4 Å². The summed E-state index contributed by atoms with van der Waals surface area (Å²) in [5.74, 6) is -0.0151. The molecular weight excluding hydrogens is 439 g/mol. The zero-order valence-electron chi connectivity index (χ0n) is 17.7. The average molecular weight is 467 g/mol. The van der Waals surface area contributed by atoms with Crippen molar-refractivity contribution >= 4 is 46.8 Å². The monoisotopic (exact) mass is 466 g/mol. The van der Waals surface area contributed by atoms with Gasteiger partial charge in [0.1, 0.15) is 6.04 Å². The summed E-state index contributed by atoms with van der Waals surface area (Å²) in [6.45, 7) is 8.05. The van der Waals surface area contributed by atoms with E-state index >= 15 is 0 Å². The fourth-order valence-corrected chi connectivity index (χ4v) is 3.95. The van der Waals surface area contributed by atoms with E-state index in [1.807, 2.05) is 52.0 Å². The largest absolute Gasteiger partial charge is 0.350 e. The molecule has 2 aromatic rings. The number of thioether (sulfide) groups is 1. The molecule has 0 aliphatic carbocycles. The van der Waals surface area contributed by atoms with Gasteiger partial charge in [0, 0.05) is 27.0 Å². The number of carbonyl (C=O) groups excluding carboxylic acids is 2. The van der Waals surface area contributed by atoms with E-state index in [2.05, 4.69) is 5.32 Å². The van der Waals surface area contributed by atoms with Gasteiger partial charge < -0.3 is 10.2 Å². The van der Waals surface area contributed by atoms with Gasteiger partial charge in [-0.15, -0.1) is 11.8 Å². The summed E-state index contributed by atoms with van der Waals surface area (Å²) in [6, 6.07) is 14.1. The molecule has 0 aliphatic rings. The number of nitrogens with zero attached hydrogens (tertiary/aromatic N) is 1. The van der Waals surface area contributed by atoms with Crippen LogP contribution in [0.2, 0.25) is 10.0 Å². The zero-order valence-corrected chi connectivity index (χ0v) is 20.1. The second-order valence-electron chi connectivity index (χ2n) is 8.05. The summed E-state index contributed by atoms with van der Waals surface area (Å²) >= 11 is 13.4. The maximum Gasteiger partial charge on any atom is 0.243 e. The second kappa shape index (κ2) is 11.1. The summed E-state index contributed by atoms with van der Waals surface area (Å²) in [4.78, 5) is 28.8. The minimum Gasteiger partial charge on any atom is -0.350 e. The van der Waals surface area contributed by atoms with E-state index in [0.29, 0.717) is 23.0 Å². The third-order valence-corrected chi connectivity index (χ3v) is 5.83. The molecule has 0 aliphatic heterocycles. The molecule has 0 unspecified atom stereocenters. The molecule has 0 heterocycles. The molecule has 0 saturated carbocycles. The van der Waals surface area contributed by atoms with E-state index in [9.17, 15) is 9.59 Å². The number of halogens is 2. The first-order chi connectivity index (χ1) is 14.1. The smallest absolute Gasteiger partial charge is 0.243 e. The third kappa shape index (κ3) is 7.86. The highest BCUT2D eigenvalue weighted by atomic mass is 35.5. The molecule has 1 atom stereocenters. The van der Waals surface area contributed by atoms with Crippen LogP contribution < -0.4 is 5.32 Å². The van der Waals surface area contributed by atoms with Gasteiger partial charge in [-0.05, 0) is 69.2 Å². The number of benzene rings is 2. The molecule has 30 heavy (non-hydrogen) atoms. The van der Waals surface area contributed by atoms with Crippen LogP contribution in [0, 0.1) is 0 Å². The number of hydrogen-bond acceptors (Lipinski definition) is 3. The van der Waals surface area contributed by atoms with Gasteiger partial charge in [-0.25, -0.2) is 0 Å². The lowest BCUT2D eigenvalue weighted by Gasteiger charge is -2.33. The van der Waals surface area contributed by atoms with Crippen molar-refractivity contribution in [3.8, 4) is 0 Å². The van der Waals surface area contributed by atoms with Crippen LogP contribution in [0.25, 0.3) is 0 Å². The highest BCUT2D eigenvalue weighted by Gasteiger charge is 2.30. The zero-order chi connectivity index (χ0) is 22.3. The molecule has 0 aromatic heterocycles. The van der Waals surface area contributed by atoms with Gasteiger partial charge in [0.05, 0.1) is 5.75 Å². The molecule has 1 N–H and O–H groups in total. The van der Waals surface area contributed by atoms with Gasteiger partial charge in [-0.2, -0.15) is 0 Å². The number of carbonyl (C=O) groups is 2. The Morgan fingerprint density at radius 2 is 1.53 bits per heavy atom. The first kappa shape index (κ1) is 24.6. The standard InChI is InChI=1S/C23H28Cl2N2O2S/c1-5-20(22(29)26-23(2,3)4)27(14-16-6-8-17(24)9-7-16)21(28)15-30-19-12-10-18(25)11-13-19/h6-13,20H,5,14-15H2,1-4H3,(H,26,29)/t20-/m1/s1. The van der Waals surface area contributed by atoms with E-state index in [4.69, 9.17) is 23.2 Å². The molecule has 0 bridgehead atoms. The molecule has 7 heteroatoms.